The fourth-order valence-electron chi connectivity index (χ4n) is 1.34. The lowest BCUT2D eigenvalue weighted by Gasteiger charge is -2.09. The van der Waals surface area contributed by atoms with E-state index in [0.717, 1.165) is 12.0 Å². The SMILES string of the molecule is C[C@@H](NC(=O)COCCc1ccccc1)C(=O)O. The number of carbonyl (C=O) groups excluding carboxylic acids is 1. The highest BCUT2D eigenvalue weighted by Gasteiger charge is 2.13. The number of hydrogen-bond acceptors (Lipinski definition) is 3. The first kappa shape index (κ1) is 14.2. The molecule has 0 fully saturated rings. The number of hydrogen-bond donors (Lipinski definition) is 2. The number of carbonyl (C=O) groups is 2. The predicted octanol–water partition coefficient (Wildman–Crippen LogP) is 0.835. The number of nitrogens with one attached hydrogen (secondary N) is 1. The molecule has 0 aliphatic rings. The molecule has 18 heavy (non-hydrogen) atoms. The van der Waals surface area contributed by atoms with Crippen molar-refractivity contribution in [2.75, 3.05) is 13.2 Å². The molecule has 1 aromatic carbocycles. The van der Waals surface area contributed by atoms with Crippen LogP contribution in [0.5, 0.6) is 0 Å². The van der Waals surface area contributed by atoms with Crippen molar-refractivity contribution in [1.29, 1.82) is 0 Å². The molecule has 0 spiro atoms. The van der Waals surface area contributed by atoms with Gasteiger partial charge in [-0.3, -0.25) is 9.59 Å². The Hall–Kier alpha value is -1.88. The van der Waals surface area contributed by atoms with Gasteiger partial charge in [-0.05, 0) is 18.9 Å². The second-order valence-electron chi connectivity index (χ2n) is 3.92. The minimum Gasteiger partial charge on any atom is -0.480 e. The van der Waals surface area contributed by atoms with E-state index in [1.165, 1.54) is 6.92 Å². The highest BCUT2D eigenvalue weighted by atomic mass is 16.5. The lowest BCUT2D eigenvalue weighted by atomic mass is 10.2. The Balaban J connectivity index is 2.14. The summed E-state index contributed by atoms with van der Waals surface area (Å²) < 4.78 is 5.18. The van der Waals surface area contributed by atoms with Crippen molar-refractivity contribution in [3.05, 3.63) is 35.9 Å². The van der Waals surface area contributed by atoms with Crippen LogP contribution in [0.1, 0.15) is 12.5 Å². The van der Waals surface area contributed by atoms with E-state index in [2.05, 4.69) is 5.32 Å². The van der Waals surface area contributed by atoms with Gasteiger partial charge in [0.05, 0.1) is 6.61 Å². The number of aliphatic carboxylic acids is 1. The Morgan fingerprint density at radius 1 is 1.33 bits per heavy atom. The number of ether oxygens (including phenoxy) is 1. The van der Waals surface area contributed by atoms with Gasteiger partial charge >= 0.3 is 5.97 Å². The zero-order valence-corrected chi connectivity index (χ0v) is 10.3. The lowest BCUT2D eigenvalue weighted by Crippen LogP contribution is -2.40. The third-order valence-electron chi connectivity index (χ3n) is 2.36. The molecule has 5 nitrogen and oxygen atoms in total. The summed E-state index contributed by atoms with van der Waals surface area (Å²) in [4.78, 5) is 21.8. The van der Waals surface area contributed by atoms with E-state index in [4.69, 9.17) is 9.84 Å². The van der Waals surface area contributed by atoms with Gasteiger partial charge in [0.25, 0.3) is 0 Å². The zero-order chi connectivity index (χ0) is 13.4. The first-order chi connectivity index (χ1) is 8.59. The van der Waals surface area contributed by atoms with Gasteiger partial charge in [-0.15, -0.1) is 0 Å². The maximum Gasteiger partial charge on any atom is 0.325 e. The number of rotatable bonds is 7. The predicted molar refractivity (Wildman–Crippen MR) is 66.2 cm³/mol. The maximum atomic E-state index is 11.3. The third kappa shape index (κ3) is 5.45. The van der Waals surface area contributed by atoms with Gasteiger partial charge < -0.3 is 15.2 Å². The number of amides is 1. The molecule has 2 N–H and O–H groups in total. The quantitative estimate of drug-likeness (QED) is 0.704. The summed E-state index contributed by atoms with van der Waals surface area (Å²) in [7, 11) is 0. The fourth-order valence-corrected chi connectivity index (χ4v) is 1.34. The Morgan fingerprint density at radius 2 is 2.00 bits per heavy atom. The van der Waals surface area contributed by atoms with E-state index in [9.17, 15) is 9.59 Å². The molecule has 0 bridgehead atoms. The van der Waals surface area contributed by atoms with Crippen molar-refractivity contribution in [2.45, 2.75) is 19.4 Å². The second-order valence-corrected chi connectivity index (χ2v) is 3.92. The van der Waals surface area contributed by atoms with Gasteiger partial charge in [-0.25, -0.2) is 0 Å². The molecule has 1 amide bonds. The van der Waals surface area contributed by atoms with Crippen molar-refractivity contribution in [2.24, 2.45) is 0 Å². The van der Waals surface area contributed by atoms with E-state index >= 15 is 0 Å². The van der Waals surface area contributed by atoms with Crippen LogP contribution in [0.25, 0.3) is 0 Å². The van der Waals surface area contributed by atoms with Crippen LogP contribution in [0.4, 0.5) is 0 Å². The Kier molecular flexibility index (Phi) is 5.87. The van der Waals surface area contributed by atoms with E-state index in [1.807, 2.05) is 30.3 Å². The maximum absolute atomic E-state index is 11.3. The molecule has 0 aliphatic carbocycles. The topological polar surface area (TPSA) is 75.6 Å². The van der Waals surface area contributed by atoms with Gasteiger partial charge in [-0.1, -0.05) is 30.3 Å². The molecule has 1 aromatic rings. The molecule has 0 unspecified atom stereocenters. The molecule has 1 rings (SSSR count). The number of benzene rings is 1. The third-order valence-corrected chi connectivity index (χ3v) is 2.36. The summed E-state index contributed by atoms with van der Waals surface area (Å²) in [5.41, 5.74) is 1.14. The first-order valence-electron chi connectivity index (χ1n) is 5.73. The largest absolute Gasteiger partial charge is 0.480 e. The van der Waals surface area contributed by atoms with Gasteiger partial charge in [0.1, 0.15) is 12.6 Å². The standard InChI is InChI=1S/C13H17NO4/c1-10(13(16)17)14-12(15)9-18-8-7-11-5-3-2-4-6-11/h2-6,10H,7-9H2,1H3,(H,14,15)(H,16,17)/t10-/m1/s1. The van der Waals surface area contributed by atoms with Crippen molar-refractivity contribution < 1.29 is 19.4 Å². The molecule has 0 radical (unpaired) electrons. The lowest BCUT2D eigenvalue weighted by molar-refractivity contribution is -0.142. The Labute approximate surface area is 106 Å². The molecule has 0 aliphatic heterocycles. The van der Waals surface area contributed by atoms with Crippen molar-refractivity contribution in [1.82, 2.24) is 5.32 Å². The summed E-state index contributed by atoms with van der Waals surface area (Å²) in [6.45, 7) is 1.72. The van der Waals surface area contributed by atoms with E-state index in [0.29, 0.717) is 6.61 Å². The van der Waals surface area contributed by atoms with Crippen LogP contribution in [0.3, 0.4) is 0 Å². The zero-order valence-electron chi connectivity index (χ0n) is 10.3. The van der Waals surface area contributed by atoms with Gasteiger partial charge in [0.15, 0.2) is 0 Å². The van der Waals surface area contributed by atoms with E-state index in [1.54, 1.807) is 0 Å². The van der Waals surface area contributed by atoms with Crippen LogP contribution in [0, 0.1) is 0 Å². The van der Waals surface area contributed by atoms with Crippen LogP contribution >= 0.6 is 0 Å². The second kappa shape index (κ2) is 7.45. The summed E-state index contributed by atoms with van der Waals surface area (Å²) >= 11 is 0. The summed E-state index contributed by atoms with van der Waals surface area (Å²) in [5, 5.41) is 10.9. The van der Waals surface area contributed by atoms with Crippen LogP contribution in [0.15, 0.2) is 30.3 Å². The van der Waals surface area contributed by atoms with Crippen LogP contribution in [-0.2, 0) is 20.7 Å². The average molecular weight is 251 g/mol. The molecule has 98 valence electrons. The van der Waals surface area contributed by atoms with E-state index in [-0.39, 0.29) is 6.61 Å². The van der Waals surface area contributed by atoms with Gasteiger partial charge in [0, 0.05) is 0 Å². The Morgan fingerprint density at radius 3 is 2.61 bits per heavy atom. The molecular weight excluding hydrogens is 234 g/mol. The van der Waals surface area contributed by atoms with Crippen LogP contribution in [-0.4, -0.2) is 36.2 Å². The first-order valence-corrected chi connectivity index (χ1v) is 5.73. The minimum absolute atomic E-state index is 0.121. The molecular formula is C13H17NO4. The molecule has 0 heterocycles. The summed E-state index contributed by atoms with van der Waals surface area (Å²) in [5.74, 6) is -1.48. The summed E-state index contributed by atoms with van der Waals surface area (Å²) in [6, 6.07) is 8.89. The van der Waals surface area contributed by atoms with Crippen molar-refractivity contribution in [3.8, 4) is 0 Å². The van der Waals surface area contributed by atoms with Gasteiger partial charge in [-0.2, -0.15) is 0 Å². The molecule has 0 saturated heterocycles. The van der Waals surface area contributed by atoms with Crippen molar-refractivity contribution >= 4 is 11.9 Å². The molecule has 0 saturated carbocycles. The Bertz CT molecular complexity index is 391. The summed E-state index contributed by atoms with van der Waals surface area (Å²) in [6.07, 6.45) is 0.725. The molecule has 5 heteroatoms. The average Bonchev–Trinajstić information content (AvgIpc) is 2.35. The normalized spacial score (nSPS) is 11.8. The van der Waals surface area contributed by atoms with E-state index < -0.39 is 17.9 Å². The minimum atomic E-state index is -1.06. The molecule has 1 atom stereocenters. The van der Waals surface area contributed by atoms with Gasteiger partial charge in [0.2, 0.25) is 5.91 Å². The molecule has 0 aromatic heterocycles. The van der Waals surface area contributed by atoms with Crippen molar-refractivity contribution in [3.63, 3.8) is 0 Å². The monoisotopic (exact) mass is 251 g/mol. The highest BCUT2D eigenvalue weighted by molar-refractivity contribution is 5.83. The number of carboxylic acids is 1. The smallest absolute Gasteiger partial charge is 0.325 e. The van der Waals surface area contributed by atoms with Crippen LogP contribution in [0.2, 0.25) is 0 Å². The van der Waals surface area contributed by atoms with Crippen LogP contribution < -0.4 is 5.32 Å². The number of carboxylic acid groups (broad SMARTS) is 1. The highest BCUT2D eigenvalue weighted by Crippen LogP contribution is 1.99. The fraction of sp³-hybridized carbons (Fsp3) is 0.385.